The maximum atomic E-state index is 12.7. The number of nitrogens with one attached hydrogen (secondary N) is 1. The number of hydrogen-bond acceptors (Lipinski definition) is 3. The molecule has 0 bridgehead atoms. The van der Waals surface area contributed by atoms with Crippen molar-refractivity contribution in [2.75, 3.05) is 13.6 Å². The van der Waals surface area contributed by atoms with E-state index in [2.05, 4.69) is 34.0 Å². The van der Waals surface area contributed by atoms with Crippen LogP contribution >= 0.6 is 0 Å². The van der Waals surface area contributed by atoms with Crippen LogP contribution in [0.15, 0.2) is 65.7 Å². The molecule has 0 aliphatic carbocycles. The average molecular weight is 356 g/mol. The predicted molar refractivity (Wildman–Crippen MR) is 107 cm³/mol. The van der Waals surface area contributed by atoms with E-state index in [0.717, 1.165) is 42.0 Å². The van der Waals surface area contributed by atoms with Gasteiger partial charge in [0.2, 0.25) is 0 Å². The van der Waals surface area contributed by atoms with Gasteiger partial charge in [0.15, 0.2) is 0 Å². The topological polar surface area (TPSA) is 53.9 Å². The van der Waals surface area contributed by atoms with Crippen LogP contribution in [0.1, 0.15) is 11.3 Å². The first-order chi connectivity index (χ1) is 13.2. The monoisotopic (exact) mass is 356 g/mol. The highest BCUT2D eigenvalue weighted by molar-refractivity contribution is 5.86. The summed E-state index contributed by atoms with van der Waals surface area (Å²) >= 11 is 0. The molecule has 1 aliphatic heterocycles. The van der Waals surface area contributed by atoms with E-state index in [1.807, 2.05) is 36.5 Å². The van der Waals surface area contributed by atoms with Gasteiger partial charge in [-0.3, -0.25) is 14.3 Å². The maximum absolute atomic E-state index is 12.7. The van der Waals surface area contributed by atoms with Gasteiger partial charge in [-0.1, -0.05) is 12.1 Å². The summed E-state index contributed by atoms with van der Waals surface area (Å²) in [4.78, 5) is 22.9. The molecular formula is C22H20N4O. The van der Waals surface area contributed by atoms with Crippen molar-refractivity contribution in [3.05, 3.63) is 82.5 Å². The van der Waals surface area contributed by atoms with Crippen molar-refractivity contribution in [1.29, 1.82) is 0 Å². The number of fused-ring (bicyclic) bond motifs is 3. The Labute approximate surface area is 156 Å². The summed E-state index contributed by atoms with van der Waals surface area (Å²) in [5.41, 5.74) is 6.23. The van der Waals surface area contributed by atoms with Gasteiger partial charge in [0.25, 0.3) is 5.56 Å². The van der Waals surface area contributed by atoms with Gasteiger partial charge in [0.05, 0.1) is 11.4 Å². The fourth-order valence-corrected chi connectivity index (χ4v) is 3.88. The number of hydrogen-bond donors (Lipinski definition) is 1. The molecule has 0 saturated carbocycles. The molecule has 1 aliphatic rings. The van der Waals surface area contributed by atoms with Crippen molar-refractivity contribution >= 4 is 10.9 Å². The number of aromatic amines is 1. The number of nitrogens with zero attached hydrogens (tertiary/aromatic N) is 3. The van der Waals surface area contributed by atoms with Crippen LogP contribution in [0.5, 0.6) is 0 Å². The quantitative estimate of drug-likeness (QED) is 0.599. The molecule has 1 aromatic carbocycles. The third-order valence-corrected chi connectivity index (χ3v) is 5.31. The van der Waals surface area contributed by atoms with E-state index >= 15 is 0 Å². The second-order valence-electron chi connectivity index (χ2n) is 7.14. The van der Waals surface area contributed by atoms with Gasteiger partial charge in [-0.05, 0) is 42.9 Å². The molecule has 0 spiro atoms. The smallest absolute Gasteiger partial charge is 0.255 e. The zero-order valence-corrected chi connectivity index (χ0v) is 15.1. The minimum absolute atomic E-state index is 0.0615. The van der Waals surface area contributed by atoms with Gasteiger partial charge in [-0.25, -0.2) is 0 Å². The van der Waals surface area contributed by atoms with Crippen molar-refractivity contribution in [3.63, 3.8) is 0 Å². The van der Waals surface area contributed by atoms with Crippen molar-refractivity contribution in [2.24, 2.45) is 0 Å². The summed E-state index contributed by atoms with van der Waals surface area (Å²) in [5, 5.41) is 1.25. The number of H-pyrrole nitrogens is 1. The SMILES string of the molecule is CN1CCc2[nH]c3cc(-n4ccc(-c5ccccn5)cc4=O)ccc3c2C1. The highest BCUT2D eigenvalue weighted by Gasteiger charge is 2.18. The normalized spacial score (nSPS) is 14.4. The molecule has 1 N–H and O–H groups in total. The number of likely N-dealkylation sites (N-methyl/N-ethyl adjacent to an activating group) is 1. The number of pyridine rings is 2. The van der Waals surface area contributed by atoms with Crippen molar-refractivity contribution < 1.29 is 0 Å². The van der Waals surface area contributed by atoms with Crippen molar-refractivity contribution in [2.45, 2.75) is 13.0 Å². The molecule has 5 heteroatoms. The molecule has 0 atom stereocenters. The van der Waals surface area contributed by atoms with E-state index in [4.69, 9.17) is 0 Å². The minimum atomic E-state index is -0.0615. The number of aromatic nitrogens is 3. The maximum Gasteiger partial charge on any atom is 0.255 e. The third kappa shape index (κ3) is 2.76. The van der Waals surface area contributed by atoms with Gasteiger partial charge in [0.1, 0.15) is 0 Å². The minimum Gasteiger partial charge on any atom is -0.358 e. The summed E-state index contributed by atoms with van der Waals surface area (Å²) in [6, 6.07) is 15.5. The van der Waals surface area contributed by atoms with Crippen LogP contribution in [-0.2, 0) is 13.0 Å². The van der Waals surface area contributed by atoms with Crippen LogP contribution in [0.25, 0.3) is 27.8 Å². The molecule has 5 rings (SSSR count). The van der Waals surface area contributed by atoms with Crippen LogP contribution < -0.4 is 5.56 Å². The van der Waals surface area contributed by atoms with E-state index in [1.165, 1.54) is 16.6 Å². The highest BCUT2D eigenvalue weighted by atomic mass is 16.1. The van der Waals surface area contributed by atoms with Crippen LogP contribution in [-0.4, -0.2) is 33.0 Å². The predicted octanol–water partition coefficient (Wildman–Crippen LogP) is 3.37. The zero-order valence-electron chi connectivity index (χ0n) is 15.1. The molecule has 27 heavy (non-hydrogen) atoms. The van der Waals surface area contributed by atoms with Gasteiger partial charge in [-0.15, -0.1) is 0 Å². The molecule has 0 saturated heterocycles. The Bertz CT molecular complexity index is 1190. The van der Waals surface area contributed by atoms with Crippen LogP contribution in [0.3, 0.4) is 0 Å². The van der Waals surface area contributed by atoms with Crippen molar-refractivity contribution in [3.8, 4) is 16.9 Å². The lowest BCUT2D eigenvalue weighted by Gasteiger charge is -2.22. The first-order valence-electron chi connectivity index (χ1n) is 9.15. The molecule has 3 aromatic heterocycles. The fourth-order valence-electron chi connectivity index (χ4n) is 3.88. The Morgan fingerprint density at radius 1 is 1.11 bits per heavy atom. The molecular weight excluding hydrogens is 336 g/mol. The first kappa shape index (κ1) is 16.0. The molecule has 0 unspecified atom stereocenters. The van der Waals surface area contributed by atoms with Crippen LogP contribution in [0, 0.1) is 0 Å². The summed E-state index contributed by atoms with van der Waals surface area (Å²) in [7, 11) is 2.15. The molecule has 134 valence electrons. The molecule has 0 fully saturated rings. The van der Waals surface area contributed by atoms with E-state index in [1.54, 1.807) is 16.8 Å². The first-order valence-corrected chi connectivity index (χ1v) is 9.15. The molecule has 4 heterocycles. The lowest BCUT2D eigenvalue weighted by molar-refractivity contribution is 0.313. The molecule has 4 aromatic rings. The second kappa shape index (κ2) is 6.21. The summed E-state index contributed by atoms with van der Waals surface area (Å²) in [5.74, 6) is 0. The lowest BCUT2D eigenvalue weighted by Crippen LogP contribution is -2.25. The van der Waals surface area contributed by atoms with Crippen LogP contribution in [0.4, 0.5) is 0 Å². The van der Waals surface area contributed by atoms with Gasteiger partial charge in [0, 0.05) is 60.1 Å². The van der Waals surface area contributed by atoms with Crippen molar-refractivity contribution in [1.82, 2.24) is 19.4 Å². The molecule has 5 nitrogen and oxygen atoms in total. The zero-order chi connectivity index (χ0) is 18.4. The van der Waals surface area contributed by atoms with E-state index < -0.39 is 0 Å². The van der Waals surface area contributed by atoms with E-state index in [0.29, 0.717) is 0 Å². The molecule has 0 amide bonds. The summed E-state index contributed by atoms with van der Waals surface area (Å²) in [6.07, 6.45) is 4.60. The van der Waals surface area contributed by atoms with Gasteiger partial charge in [-0.2, -0.15) is 0 Å². The van der Waals surface area contributed by atoms with Crippen LogP contribution in [0.2, 0.25) is 0 Å². The standard InChI is InChI=1S/C22H20N4O/c1-25-10-8-20-18(14-25)17-6-5-16(13-21(17)24-20)26-11-7-15(12-22(26)27)19-4-2-3-9-23-19/h2-7,9,11-13,24H,8,10,14H2,1H3. The lowest BCUT2D eigenvalue weighted by atomic mass is 10.0. The third-order valence-electron chi connectivity index (χ3n) is 5.31. The fraction of sp³-hybridized carbons (Fsp3) is 0.182. The highest BCUT2D eigenvalue weighted by Crippen LogP contribution is 2.28. The second-order valence-corrected chi connectivity index (χ2v) is 7.14. The number of benzene rings is 1. The Hall–Kier alpha value is -3.18. The van der Waals surface area contributed by atoms with E-state index in [-0.39, 0.29) is 5.56 Å². The average Bonchev–Trinajstić information content (AvgIpc) is 3.05. The Kier molecular flexibility index (Phi) is 3.69. The molecule has 0 radical (unpaired) electrons. The van der Waals surface area contributed by atoms with Gasteiger partial charge < -0.3 is 9.88 Å². The Morgan fingerprint density at radius 2 is 2.04 bits per heavy atom. The summed E-state index contributed by atoms with van der Waals surface area (Å²) < 4.78 is 1.68. The summed E-state index contributed by atoms with van der Waals surface area (Å²) in [6.45, 7) is 2.04. The number of rotatable bonds is 2. The Morgan fingerprint density at radius 3 is 2.85 bits per heavy atom. The Balaban J connectivity index is 1.57. The largest absolute Gasteiger partial charge is 0.358 e. The van der Waals surface area contributed by atoms with Gasteiger partial charge >= 0.3 is 0 Å². The van der Waals surface area contributed by atoms with E-state index in [9.17, 15) is 4.79 Å².